The largest absolute Gasteiger partial charge is 0.308 e. The van der Waals surface area contributed by atoms with E-state index < -0.39 is 0 Å². The van der Waals surface area contributed by atoms with Crippen molar-refractivity contribution in [3.8, 4) is 0 Å². The van der Waals surface area contributed by atoms with Gasteiger partial charge in [-0.05, 0) is 28.8 Å². The molecule has 1 N–H and O–H groups in total. The van der Waals surface area contributed by atoms with Crippen LogP contribution < -0.4 is 0 Å². The van der Waals surface area contributed by atoms with Crippen LogP contribution in [0.15, 0.2) is 54.1 Å². The quantitative estimate of drug-likeness (QED) is 0.496. The fourth-order valence-corrected chi connectivity index (χ4v) is 3.11. The minimum atomic E-state index is -0.106. The summed E-state index contributed by atoms with van der Waals surface area (Å²) in [5.74, 6) is 0.0576. The van der Waals surface area contributed by atoms with Crippen molar-refractivity contribution in [1.29, 1.82) is 5.41 Å². The van der Waals surface area contributed by atoms with E-state index in [-0.39, 0.29) is 10.6 Å². The lowest BCUT2D eigenvalue weighted by molar-refractivity contribution is 0.104. The molecule has 0 fully saturated rings. The van der Waals surface area contributed by atoms with E-state index in [1.165, 1.54) is 6.21 Å². The molecule has 2 nitrogen and oxygen atoms in total. The number of carbonyl (C=O) groups is 1. The van der Waals surface area contributed by atoms with Gasteiger partial charge in [-0.3, -0.25) is 4.79 Å². The molecule has 0 amide bonds. The molecule has 1 atom stereocenters. The highest BCUT2D eigenvalue weighted by Gasteiger charge is 2.32. The summed E-state index contributed by atoms with van der Waals surface area (Å²) in [6, 6.07) is 15.3. The maximum Gasteiger partial charge on any atom is 0.190 e. The van der Waals surface area contributed by atoms with Gasteiger partial charge in [-0.1, -0.05) is 58.4 Å². The molecule has 98 valence electrons. The number of nitrogens with one attached hydrogen (secondary N) is 1. The average Bonchev–Trinajstić information content (AvgIpc) is 2.73. The molecule has 0 spiro atoms. The van der Waals surface area contributed by atoms with Crippen molar-refractivity contribution < 1.29 is 4.79 Å². The Hall–Kier alpha value is -2.00. The van der Waals surface area contributed by atoms with Crippen LogP contribution >= 0.6 is 15.9 Å². The molecule has 0 bridgehead atoms. The number of allylic oxidation sites excluding steroid dienone is 1. The highest BCUT2D eigenvalue weighted by molar-refractivity contribution is 9.09. The molecular weight excluding hydrogens is 314 g/mol. The van der Waals surface area contributed by atoms with Gasteiger partial charge in [0.15, 0.2) is 5.78 Å². The summed E-state index contributed by atoms with van der Waals surface area (Å²) in [5.41, 5.74) is 4.23. The molecular formula is C17H12BrNO. The molecule has 1 aliphatic rings. The van der Waals surface area contributed by atoms with Gasteiger partial charge in [0.2, 0.25) is 0 Å². The monoisotopic (exact) mass is 325 g/mol. The molecule has 2 aromatic rings. The smallest absolute Gasteiger partial charge is 0.190 e. The number of carbonyl (C=O) groups excluding carboxylic acids is 1. The van der Waals surface area contributed by atoms with E-state index in [0.717, 1.165) is 27.8 Å². The standard InChI is InChI=1S/C17H12BrNO/c18-16-14-9-12(10-19)6-7-13(14)17(20)15(16)8-11-4-2-1-3-5-11/h1-10,16,19H/b15-8+,19-10?. The van der Waals surface area contributed by atoms with E-state index in [9.17, 15) is 4.79 Å². The Morgan fingerprint density at radius 1 is 1.05 bits per heavy atom. The summed E-state index contributed by atoms with van der Waals surface area (Å²) in [5, 5.41) is 7.31. The van der Waals surface area contributed by atoms with Crippen molar-refractivity contribution in [2.24, 2.45) is 0 Å². The van der Waals surface area contributed by atoms with Crippen LogP contribution in [0.25, 0.3) is 6.08 Å². The molecule has 3 heteroatoms. The van der Waals surface area contributed by atoms with E-state index in [4.69, 9.17) is 5.41 Å². The fourth-order valence-electron chi connectivity index (χ4n) is 2.39. The van der Waals surface area contributed by atoms with Gasteiger partial charge < -0.3 is 5.41 Å². The number of fused-ring (bicyclic) bond motifs is 1. The van der Waals surface area contributed by atoms with Crippen LogP contribution in [0.2, 0.25) is 0 Å². The lowest BCUT2D eigenvalue weighted by Crippen LogP contribution is -1.96. The van der Waals surface area contributed by atoms with Crippen LogP contribution in [0, 0.1) is 5.41 Å². The number of ketones is 1. The van der Waals surface area contributed by atoms with Crippen molar-refractivity contribution in [2.45, 2.75) is 4.83 Å². The van der Waals surface area contributed by atoms with Crippen molar-refractivity contribution in [3.63, 3.8) is 0 Å². The predicted octanol–water partition coefficient (Wildman–Crippen LogP) is 4.40. The van der Waals surface area contributed by atoms with Gasteiger partial charge in [0.05, 0.1) is 4.83 Å². The highest BCUT2D eigenvalue weighted by Crippen LogP contribution is 2.42. The number of hydrogen-bond donors (Lipinski definition) is 1. The first-order valence-electron chi connectivity index (χ1n) is 6.30. The maximum atomic E-state index is 12.5. The van der Waals surface area contributed by atoms with Gasteiger partial charge in [0, 0.05) is 17.4 Å². The fraction of sp³-hybridized carbons (Fsp3) is 0.0588. The Bertz CT molecular complexity index is 719. The van der Waals surface area contributed by atoms with E-state index in [0.29, 0.717) is 0 Å². The van der Waals surface area contributed by atoms with Crippen LogP contribution in [-0.2, 0) is 0 Å². The molecule has 1 aliphatic carbocycles. The number of hydrogen-bond acceptors (Lipinski definition) is 2. The summed E-state index contributed by atoms with van der Waals surface area (Å²) >= 11 is 3.60. The first-order valence-corrected chi connectivity index (χ1v) is 7.22. The topological polar surface area (TPSA) is 40.9 Å². The molecule has 0 saturated carbocycles. The molecule has 1 unspecified atom stereocenters. The summed E-state index contributed by atoms with van der Waals surface area (Å²) in [4.78, 5) is 12.3. The Labute approximate surface area is 125 Å². The van der Waals surface area contributed by atoms with Gasteiger partial charge in [-0.2, -0.15) is 0 Å². The highest BCUT2D eigenvalue weighted by atomic mass is 79.9. The van der Waals surface area contributed by atoms with Crippen LogP contribution in [0.5, 0.6) is 0 Å². The number of rotatable bonds is 2. The lowest BCUT2D eigenvalue weighted by Gasteiger charge is -2.04. The van der Waals surface area contributed by atoms with Crippen LogP contribution in [-0.4, -0.2) is 12.0 Å². The summed E-state index contributed by atoms with van der Waals surface area (Å²) in [7, 11) is 0. The molecule has 3 rings (SSSR count). The normalized spacial score (nSPS) is 19.1. The predicted molar refractivity (Wildman–Crippen MR) is 84.7 cm³/mol. The van der Waals surface area contributed by atoms with Crippen LogP contribution in [0.3, 0.4) is 0 Å². The first kappa shape index (κ1) is 13.0. The number of halogens is 1. The van der Waals surface area contributed by atoms with Crippen molar-refractivity contribution in [3.05, 3.63) is 76.4 Å². The maximum absolute atomic E-state index is 12.5. The van der Waals surface area contributed by atoms with Crippen molar-refractivity contribution in [1.82, 2.24) is 0 Å². The van der Waals surface area contributed by atoms with E-state index >= 15 is 0 Å². The zero-order valence-electron chi connectivity index (χ0n) is 10.6. The Morgan fingerprint density at radius 2 is 1.80 bits per heavy atom. The summed E-state index contributed by atoms with van der Waals surface area (Å²) in [6.45, 7) is 0. The minimum Gasteiger partial charge on any atom is -0.308 e. The van der Waals surface area contributed by atoms with Crippen LogP contribution in [0.4, 0.5) is 0 Å². The molecule has 2 aromatic carbocycles. The van der Waals surface area contributed by atoms with E-state index in [2.05, 4.69) is 15.9 Å². The second-order valence-electron chi connectivity index (χ2n) is 4.69. The molecule has 0 aromatic heterocycles. The van der Waals surface area contributed by atoms with Crippen molar-refractivity contribution in [2.75, 3.05) is 0 Å². The third-order valence-corrected chi connectivity index (χ3v) is 4.40. The molecule has 0 radical (unpaired) electrons. The van der Waals surface area contributed by atoms with Gasteiger partial charge in [-0.15, -0.1) is 0 Å². The second-order valence-corrected chi connectivity index (χ2v) is 5.61. The average molecular weight is 326 g/mol. The third kappa shape index (κ3) is 2.14. The van der Waals surface area contributed by atoms with E-state index in [1.54, 1.807) is 12.1 Å². The summed E-state index contributed by atoms with van der Waals surface area (Å²) in [6.07, 6.45) is 3.22. The summed E-state index contributed by atoms with van der Waals surface area (Å²) < 4.78 is 0. The zero-order chi connectivity index (χ0) is 14.1. The van der Waals surface area contributed by atoms with Gasteiger partial charge in [0.25, 0.3) is 0 Å². The Balaban J connectivity index is 2.07. The first-order chi connectivity index (χ1) is 9.70. The Morgan fingerprint density at radius 3 is 2.50 bits per heavy atom. The number of Topliss-reactive ketones (excluding diaryl/α,β-unsaturated/α-hetero) is 1. The van der Waals surface area contributed by atoms with Gasteiger partial charge in [-0.25, -0.2) is 0 Å². The zero-order valence-corrected chi connectivity index (χ0v) is 12.2. The van der Waals surface area contributed by atoms with E-state index in [1.807, 2.05) is 42.5 Å². The molecule has 0 heterocycles. The molecule has 20 heavy (non-hydrogen) atoms. The minimum absolute atomic E-state index is 0.0576. The molecule has 0 saturated heterocycles. The van der Waals surface area contributed by atoms with Gasteiger partial charge >= 0.3 is 0 Å². The molecule has 0 aliphatic heterocycles. The number of alkyl halides is 1. The third-order valence-electron chi connectivity index (χ3n) is 3.42. The SMILES string of the molecule is N=Cc1ccc2c(c1)C(Br)/C(=C\c1ccccc1)C2=O. The Kier molecular flexibility index (Phi) is 3.36. The second kappa shape index (κ2) is 5.17. The van der Waals surface area contributed by atoms with Crippen LogP contribution in [0.1, 0.15) is 31.9 Å². The number of benzene rings is 2. The van der Waals surface area contributed by atoms with Crippen molar-refractivity contribution >= 4 is 34.0 Å². The lowest BCUT2D eigenvalue weighted by atomic mass is 10.1. The van der Waals surface area contributed by atoms with Gasteiger partial charge in [0.1, 0.15) is 0 Å².